The molecular formula is C26H22O4. The highest BCUT2D eigenvalue weighted by Gasteiger charge is 2.42. The maximum atomic E-state index is 11.8. The number of carboxylic acids is 2. The second-order valence-corrected chi connectivity index (χ2v) is 8.63. The van der Waals surface area contributed by atoms with Crippen molar-refractivity contribution in [3.05, 3.63) is 103 Å². The summed E-state index contributed by atoms with van der Waals surface area (Å²) >= 11 is 0. The monoisotopic (exact) mass is 398 g/mol. The maximum absolute atomic E-state index is 11.8. The minimum atomic E-state index is -0.922. The lowest BCUT2D eigenvalue weighted by molar-refractivity contribution is 0.0685. The Morgan fingerprint density at radius 2 is 0.800 bits per heavy atom. The minimum absolute atomic E-state index is 0.0884. The van der Waals surface area contributed by atoms with Gasteiger partial charge in [-0.3, -0.25) is 0 Å². The smallest absolute Gasteiger partial charge is 0.335 e. The molecule has 3 aromatic carbocycles. The second kappa shape index (κ2) is 6.05. The van der Waals surface area contributed by atoms with Crippen LogP contribution in [0.3, 0.4) is 0 Å². The van der Waals surface area contributed by atoms with Gasteiger partial charge in [0.15, 0.2) is 0 Å². The molecule has 0 fully saturated rings. The molecule has 2 bridgehead atoms. The van der Waals surface area contributed by atoms with E-state index < -0.39 is 11.9 Å². The predicted molar refractivity (Wildman–Crippen MR) is 114 cm³/mol. The topological polar surface area (TPSA) is 74.6 Å². The van der Waals surface area contributed by atoms with Crippen LogP contribution < -0.4 is 0 Å². The van der Waals surface area contributed by atoms with Crippen molar-refractivity contribution in [2.24, 2.45) is 0 Å². The molecule has 4 nitrogen and oxygen atoms in total. The molecule has 6 rings (SSSR count). The highest BCUT2D eigenvalue weighted by Crippen LogP contribution is 2.57. The van der Waals surface area contributed by atoms with Gasteiger partial charge in [-0.25, -0.2) is 9.59 Å². The van der Waals surface area contributed by atoms with Gasteiger partial charge in [0, 0.05) is 11.8 Å². The third kappa shape index (κ3) is 2.34. The van der Waals surface area contributed by atoms with Crippen molar-refractivity contribution in [3.63, 3.8) is 0 Å². The average molecular weight is 398 g/mol. The Kier molecular flexibility index (Phi) is 3.75. The number of aryl methyl sites for hydroxylation is 4. The van der Waals surface area contributed by atoms with E-state index >= 15 is 0 Å². The summed E-state index contributed by atoms with van der Waals surface area (Å²) in [5.74, 6) is -2.02. The van der Waals surface area contributed by atoms with Gasteiger partial charge in [-0.2, -0.15) is 0 Å². The lowest BCUT2D eigenvalue weighted by atomic mass is 9.59. The van der Waals surface area contributed by atoms with E-state index in [9.17, 15) is 19.8 Å². The number of rotatable bonds is 2. The van der Waals surface area contributed by atoms with Gasteiger partial charge in [-0.05, 0) is 95.5 Å². The Bertz CT molecular complexity index is 1200. The van der Waals surface area contributed by atoms with Crippen LogP contribution in [-0.2, 0) is 0 Å². The molecule has 2 unspecified atom stereocenters. The normalized spacial score (nSPS) is 17.9. The van der Waals surface area contributed by atoms with Crippen molar-refractivity contribution >= 4 is 11.9 Å². The number of benzene rings is 3. The van der Waals surface area contributed by atoms with Crippen LogP contribution in [0.2, 0.25) is 0 Å². The Morgan fingerprint density at radius 1 is 0.533 bits per heavy atom. The zero-order valence-corrected chi connectivity index (χ0v) is 17.3. The van der Waals surface area contributed by atoms with E-state index in [-0.39, 0.29) is 11.8 Å². The summed E-state index contributed by atoms with van der Waals surface area (Å²) < 4.78 is 0. The first-order valence-electron chi connectivity index (χ1n) is 10.1. The molecule has 30 heavy (non-hydrogen) atoms. The second-order valence-electron chi connectivity index (χ2n) is 8.63. The van der Waals surface area contributed by atoms with Crippen LogP contribution in [0, 0.1) is 27.7 Å². The molecule has 0 radical (unpaired) electrons. The minimum Gasteiger partial charge on any atom is -0.478 e. The van der Waals surface area contributed by atoms with Crippen molar-refractivity contribution in [2.75, 3.05) is 0 Å². The van der Waals surface area contributed by atoms with E-state index in [2.05, 4.69) is 26.0 Å². The largest absolute Gasteiger partial charge is 0.478 e. The molecule has 2 N–H and O–H groups in total. The van der Waals surface area contributed by atoms with Crippen molar-refractivity contribution in [1.29, 1.82) is 0 Å². The highest BCUT2D eigenvalue weighted by atomic mass is 16.4. The molecule has 2 atom stereocenters. The molecular weight excluding hydrogens is 376 g/mol. The van der Waals surface area contributed by atoms with Gasteiger partial charge in [0.25, 0.3) is 0 Å². The summed E-state index contributed by atoms with van der Waals surface area (Å²) in [4.78, 5) is 23.6. The van der Waals surface area contributed by atoms with Gasteiger partial charge >= 0.3 is 11.9 Å². The van der Waals surface area contributed by atoms with E-state index in [1.54, 1.807) is 0 Å². The summed E-state index contributed by atoms with van der Waals surface area (Å²) in [6.07, 6.45) is 0. The van der Waals surface area contributed by atoms with Crippen LogP contribution in [0.4, 0.5) is 0 Å². The summed E-state index contributed by atoms with van der Waals surface area (Å²) in [6, 6.07) is 12.1. The van der Waals surface area contributed by atoms with Gasteiger partial charge < -0.3 is 10.2 Å². The highest BCUT2D eigenvalue weighted by molar-refractivity contribution is 5.92. The fraction of sp³-hybridized carbons (Fsp3) is 0.231. The number of hydrogen-bond acceptors (Lipinski definition) is 2. The molecule has 150 valence electrons. The average Bonchev–Trinajstić information content (AvgIpc) is 2.67. The molecule has 0 saturated carbocycles. The molecule has 0 amide bonds. The predicted octanol–water partition coefficient (Wildman–Crippen LogP) is 5.30. The van der Waals surface area contributed by atoms with E-state index in [0.717, 1.165) is 33.4 Å². The first-order valence-corrected chi connectivity index (χ1v) is 10.1. The van der Waals surface area contributed by atoms with Crippen LogP contribution in [0.25, 0.3) is 0 Å². The van der Waals surface area contributed by atoms with E-state index in [4.69, 9.17) is 0 Å². The van der Waals surface area contributed by atoms with Gasteiger partial charge in [0.05, 0.1) is 11.1 Å². The summed E-state index contributed by atoms with van der Waals surface area (Å²) in [5.41, 5.74) is 11.1. The molecule has 0 aromatic heterocycles. The van der Waals surface area contributed by atoms with Crippen LogP contribution in [0.5, 0.6) is 0 Å². The number of carboxylic acid groups (broad SMARTS) is 2. The van der Waals surface area contributed by atoms with Crippen molar-refractivity contribution in [1.82, 2.24) is 0 Å². The SMILES string of the molecule is Cc1cc2c(cc1C)C1c3cc(C)c(C(=O)O)cc3C2c2cc(C)c(C(=O)O)cc21. The third-order valence-electron chi connectivity index (χ3n) is 6.89. The van der Waals surface area contributed by atoms with Crippen molar-refractivity contribution in [2.45, 2.75) is 39.5 Å². The first kappa shape index (κ1) is 18.6. The molecule has 3 aliphatic carbocycles. The van der Waals surface area contributed by atoms with E-state index in [1.165, 1.54) is 22.3 Å². The molecule has 3 aliphatic rings. The molecule has 3 aromatic rings. The quantitative estimate of drug-likeness (QED) is 0.423. The van der Waals surface area contributed by atoms with Gasteiger partial charge in [-0.1, -0.05) is 24.3 Å². The van der Waals surface area contributed by atoms with E-state index in [0.29, 0.717) is 11.1 Å². The fourth-order valence-corrected chi connectivity index (χ4v) is 5.32. The van der Waals surface area contributed by atoms with Gasteiger partial charge in [0.2, 0.25) is 0 Å². The zero-order valence-electron chi connectivity index (χ0n) is 17.3. The van der Waals surface area contributed by atoms with Crippen molar-refractivity contribution in [3.8, 4) is 0 Å². The van der Waals surface area contributed by atoms with Gasteiger partial charge in [0.1, 0.15) is 0 Å². The number of hydrogen-bond donors (Lipinski definition) is 2. The van der Waals surface area contributed by atoms with Gasteiger partial charge in [-0.15, -0.1) is 0 Å². The fourth-order valence-electron chi connectivity index (χ4n) is 5.32. The molecule has 0 spiro atoms. The maximum Gasteiger partial charge on any atom is 0.335 e. The lowest BCUT2D eigenvalue weighted by Crippen LogP contribution is -2.29. The summed E-state index contributed by atoms with van der Waals surface area (Å²) in [5, 5.41) is 19.4. The van der Waals surface area contributed by atoms with Crippen molar-refractivity contribution < 1.29 is 19.8 Å². The summed E-state index contributed by atoms with van der Waals surface area (Å²) in [6.45, 7) is 7.84. The molecule has 0 heterocycles. The summed E-state index contributed by atoms with van der Waals surface area (Å²) in [7, 11) is 0. The Balaban J connectivity index is 1.88. The van der Waals surface area contributed by atoms with Crippen LogP contribution >= 0.6 is 0 Å². The number of carbonyl (C=O) groups is 2. The third-order valence-corrected chi connectivity index (χ3v) is 6.89. The number of aromatic carboxylic acids is 2. The molecule has 0 aliphatic heterocycles. The van der Waals surface area contributed by atoms with Crippen LogP contribution in [0.15, 0.2) is 36.4 Å². The van der Waals surface area contributed by atoms with Crippen LogP contribution in [-0.4, -0.2) is 22.2 Å². The lowest BCUT2D eigenvalue weighted by Gasteiger charge is -2.43. The Labute approximate surface area is 174 Å². The Morgan fingerprint density at radius 3 is 1.10 bits per heavy atom. The zero-order chi connectivity index (χ0) is 21.5. The van der Waals surface area contributed by atoms with Crippen LogP contribution in [0.1, 0.15) is 88.2 Å². The molecule has 0 saturated heterocycles. The standard InChI is InChI=1S/C26H22O4/c1-11-5-17-18(6-12(11)2)24-20-8-14(4)15(25(27)28)9-21(20)23(17)19-7-13(3)16(26(29)30)10-22(19)24/h5-10,23-24H,1-4H3,(H,27,28)(H,29,30). The Hall–Kier alpha value is -3.40. The van der Waals surface area contributed by atoms with E-state index in [1.807, 2.05) is 38.1 Å². The first-order chi connectivity index (χ1) is 14.2. The molecule has 4 heteroatoms.